The Morgan fingerprint density at radius 3 is 2.41 bits per heavy atom. The summed E-state index contributed by atoms with van der Waals surface area (Å²) in [5.74, 6) is 0.697. The second-order valence-corrected chi connectivity index (χ2v) is 4.42. The molecule has 2 aromatic carbocycles. The molecular weight excluding hydrogens is 293 g/mol. The van der Waals surface area contributed by atoms with E-state index in [0.717, 1.165) is 17.7 Å². The zero-order valence-electron chi connectivity index (χ0n) is 11.9. The zero-order valence-corrected chi connectivity index (χ0v) is 11.9. The van der Waals surface area contributed by atoms with Crippen LogP contribution in [0.5, 0.6) is 5.75 Å². The summed E-state index contributed by atoms with van der Waals surface area (Å²) in [6.45, 7) is 2.42. The van der Waals surface area contributed by atoms with Crippen LogP contribution in [-0.4, -0.2) is 12.8 Å². The summed E-state index contributed by atoms with van der Waals surface area (Å²) in [6, 6.07) is 12.0. The average molecular weight is 308 g/mol. The Morgan fingerprint density at radius 2 is 1.77 bits per heavy atom. The van der Waals surface area contributed by atoms with Crippen LogP contribution < -0.4 is 10.2 Å². The highest BCUT2D eigenvalue weighted by Crippen LogP contribution is 2.29. The van der Waals surface area contributed by atoms with Gasteiger partial charge in [0.1, 0.15) is 5.75 Å². The van der Waals surface area contributed by atoms with Gasteiger partial charge < -0.3 is 4.74 Å². The minimum atomic E-state index is -4.34. The van der Waals surface area contributed by atoms with E-state index >= 15 is 0 Å². The standard InChI is InChI=1S/C16H15F3N2O/c1-2-22-15-6-4-3-5-12(15)11-20-21-14-9-7-13(8-10-14)16(17,18)19/h3-11,21H,2H2,1H3. The number of rotatable bonds is 5. The van der Waals surface area contributed by atoms with E-state index in [2.05, 4.69) is 10.5 Å². The first kappa shape index (κ1) is 15.9. The Kier molecular flexibility index (Phi) is 5.04. The van der Waals surface area contributed by atoms with Gasteiger partial charge in [0.15, 0.2) is 0 Å². The molecule has 1 N–H and O–H groups in total. The zero-order chi connectivity index (χ0) is 16.0. The molecule has 2 aromatic rings. The highest BCUT2D eigenvalue weighted by Gasteiger charge is 2.29. The third-order valence-electron chi connectivity index (χ3n) is 2.83. The molecule has 0 saturated carbocycles. The molecule has 0 unspecified atom stereocenters. The van der Waals surface area contributed by atoms with Crippen LogP contribution in [0.15, 0.2) is 53.6 Å². The normalized spacial score (nSPS) is 11.6. The van der Waals surface area contributed by atoms with Crippen LogP contribution in [-0.2, 0) is 6.18 Å². The van der Waals surface area contributed by atoms with Gasteiger partial charge in [-0.25, -0.2) is 0 Å². The van der Waals surface area contributed by atoms with Gasteiger partial charge in [-0.05, 0) is 43.3 Å². The molecule has 2 rings (SSSR count). The summed E-state index contributed by atoms with van der Waals surface area (Å²) in [6.07, 6.45) is -2.78. The minimum Gasteiger partial charge on any atom is -0.493 e. The quantitative estimate of drug-likeness (QED) is 0.649. The highest BCUT2D eigenvalue weighted by atomic mass is 19.4. The van der Waals surface area contributed by atoms with Gasteiger partial charge in [0, 0.05) is 5.56 Å². The van der Waals surface area contributed by atoms with E-state index in [4.69, 9.17) is 4.74 Å². The topological polar surface area (TPSA) is 33.6 Å². The summed E-state index contributed by atoms with van der Waals surface area (Å²) in [5.41, 5.74) is 3.25. The van der Waals surface area contributed by atoms with Crippen molar-refractivity contribution < 1.29 is 17.9 Å². The summed E-state index contributed by atoms with van der Waals surface area (Å²) in [4.78, 5) is 0. The summed E-state index contributed by atoms with van der Waals surface area (Å²) >= 11 is 0. The molecule has 0 amide bonds. The fourth-order valence-electron chi connectivity index (χ4n) is 1.78. The van der Waals surface area contributed by atoms with E-state index < -0.39 is 11.7 Å². The maximum atomic E-state index is 12.4. The monoisotopic (exact) mass is 308 g/mol. The van der Waals surface area contributed by atoms with Crippen LogP contribution in [0.4, 0.5) is 18.9 Å². The Balaban J connectivity index is 2.04. The van der Waals surface area contributed by atoms with Gasteiger partial charge in [0.2, 0.25) is 0 Å². The fourth-order valence-corrected chi connectivity index (χ4v) is 1.78. The van der Waals surface area contributed by atoms with Crippen molar-refractivity contribution >= 4 is 11.9 Å². The Hall–Kier alpha value is -2.50. The number of para-hydroxylation sites is 1. The molecule has 0 aliphatic carbocycles. The first-order valence-electron chi connectivity index (χ1n) is 6.69. The third kappa shape index (κ3) is 4.25. The van der Waals surface area contributed by atoms with E-state index in [1.807, 2.05) is 31.2 Å². The molecule has 0 radical (unpaired) electrons. The average Bonchev–Trinajstić information content (AvgIpc) is 2.49. The highest BCUT2D eigenvalue weighted by molar-refractivity contribution is 5.83. The summed E-state index contributed by atoms with van der Waals surface area (Å²) in [5, 5.41) is 4.01. The van der Waals surface area contributed by atoms with Crippen molar-refractivity contribution in [2.75, 3.05) is 12.0 Å². The van der Waals surface area contributed by atoms with E-state index in [0.29, 0.717) is 18.0 Å². The van der Waals surface area contributed by atoms with Crippen LogP contribution in [0.1, 0.15) is 18.1 Å². The maximum absolute atomic E-state index is 12.4. The fraction of sp³-hybridized carbons (Fsp3) is 0.188. The predicted octanol–water partition coefficient (Wildman–Crippen LogP) is 4.55. The van der Waals surface area contributed by atoms with Crippen LogP contribution in [0.25, 0.3) is 0 Å². The lowest BCUT2D eigenvalue weighted by atomic mass is 10.2. The number of anilines is 1. The molecular formula is C16H15F3N2O. The third-order valence-corrected chi connectivity index (χ3v) is 2.83. The number of hydrogen-bond acceptors (Lipinski definition) is 3. The first-order chi connectivity index (χ1) is 10.5. The number of hydrazone groups is 1. The molecule has 3 nitrogen and oxygen atoms in total. The molecule has 0 aliphatic rings. The molecule has 22 heavy (non-hydrogen) atoms. The summed E-state index contributed by atoms with van der Waals surface area (Å²) < 4.78 is 42.8. The van der Waals surface area contributed by atoms with Crippen LogP contribution in [0.2, 0.25) is 0 Å². The van der Waals surface area contributed by atoms with E-state index in [9.17, 15) is 13.2 Å². The number of alkyl halides is 3. The molecule has 0 bridgehead atoms. The van der Waals surface area contributed by atoms with Gasteiger partial charge in [0.25, 0.3) is 0 Å². The van der Waals surface area contributed by atoms with E-state index in [1.165, 1.54) is 12.1 Å². The number of nitrogens with zero attached hydrogens (tertiary/aromatic N) is 1. The second kappa shape index (κ2) is 6.98. The van der Waals surface area contributed by atoms with Gasteiger partial charge in [-0.1, -0.05) is 12.1 Å². The molecule has 116 valence electrons. The Labute approximate surface area is 126 Å². The molecule has 0 aliphatic heterocycles. The van der Waals surface area contributed by atoms with Crippen molar-refractivity contribution in [1.82, 2.24) is 0 Å². The van der Waals surface area contributed by atoms with Crippen LogP contribution in [0.3, 0.4) is 0 Å². The van der Waals surface area contributed by atoms with Gasteiger partial charge in [-0.2, -0.15) is 18.3 Å². The lowest BCUT2D eigenvalue weighted by Crippen LogP contribution is -2.04. The Morgan fingerprint density at radius 1 is 1.09 bits per heavy atom. The van der Waals surface area contributed by atoms with Crippen molar-refractivity contribution in [3.05, 3.63) is 59.7 Å². The first-order valence-corrected chi connectivity index (χ1v) is 6.69. The molecule has 0 atom stereocenters. The van der Waals surface area contributed by atoms with Gasteiger partial charge >= 0.3 is 6.18 Å². The maximum Gasteiger partial charge on any atom is 0.416 e. The number of ether oxygens (including phenoxy) is 1. The largest absolute Gasteiger partial charge is 0.493 e. The van der Waals surface area contributed by atoms with Crippen molar-refractivity contribution in [2.24, 2.45) is 5.10 Å². The Bertz CT molecular complexity index is 637. The van der Waals surface area contributed by atoms with Crippen LogP contribution in [0, 0.1) is 0 Å². The van der Waals surface area contributed by atoms with Crippen molar-refractivity contribution in [2.45, 2.75) is 13.1 Å². The lowest BCUT2D eigenvalue weighted by molar-refractivity contribution is -0.137. The van der Waals surface area contributed by atoms with Crippen molar-refractivity contribution in [1.29, 1.82) is 0 Å². The molecule has 0 fully saturated rings. The summed E-state index contributed by atoms with van der Waals surface area (Å²) in [7, 11) is 0. The van der Waals surface area contributed by atoms with E-state index in [-0.39, 0.29) is 0 Å². The molecule has 0 saturated heterocycles. The molecule has 6 heteroatoms. The van der Waals surface area contributed by atoms with Crippen molar-refractivity contribution in [3.8, 4) is 5.75 Å². The second-order valence-electron chi connectivity index (χ2n) is 4.42. The minimum absolute atomic E-state index is 0.471. The molecule has 0 aromatic heterocycles. The van der Waals surface area contributed by atoms with Crippen LogP contribution >= 0.6 is 0 Å². The van der Waals surface area contributed by atoms with Gasteiger partial charge in [0.05, 0.1) is 24.1 Å². The predicted molar refractivity (Wildman–Crippen MR) is 80.3 cm³/mol. The number of halogens is 3. The SMILES string of the molecule is CCOc1ccccc1C=NNc1ccc(C(F)(F)F)cc1. The molecule has 0 heterocycles. The molecule has 0 spiro atoms. The number of hydrogen-bond donors (Lipinski definition) is 1. The van der Waals surface area contributed by atoms with E-state index in [1.54, 1.807) is 6.21 Å². The van der Waals surface area contributed by atoms with Crippen molar-refractivity contribution in [3.63, 3.8) is 0 Å². The number of nitrogens with one attached hydrogen (secondary N) is 1. The smallest absolute Gasteiger partial charge is 0.416 e. The lowest BCUT2D eigenvalue weighted by Gasteiger charge is -2.07. The number of benzene rings is 2. The van der Waals surface area contributed by atoms with Gasteiger partial charge in [-0.15, -0.1) is 0 Å². The van der Waals surface area contributed by atoms with Gasteiger partial charge in [-0.3, -0.25) is 5.43 Å².